The molecule has 0 spiro atoms. The number of aromatic nitrogens is 2. The van der Waals surface area contributed by atoms with Crippen molar-refractivity contribution in [2.75, 3.05) is 13.1 Å². The number of carbonyl (C=O) groups excluding carboxylic acids is 1. The third-order valence-corrected chi connectivity index (χ3v) is 5.32. The van der Waals surface area contributed by atoms with Crippen LogP contribution in [0.3, 0.4) is 0 Å². The molecule has 7 nitrogen and oxygen atoms in total. The van der Waals surface area contributed by atoms with E-state index in [4.69, 9.17) is 14.7 Å². The summed E-state index contributed by atoms with van der Waals surface area (Å²) < 4.78 is 11.0. The van der Waals surface area contributed by atoms with Crippen molar-refractivity contribution < 1.29 is 13.7 Å². The second kappa shape index (κ2) is 7.93. The van der Waals surface area contributed by atoms with Gasteiger partial charge in [-0.1, -0.05) is 5.16 Å². The van der Waals surface area contributed by atoms with E-state index in [0.29, 0.717) is 41.1 Å². The van der Waals surface area contributed by atoms with E-state index in [2.05, 4.69) is 10.1 Å². The lowest BCUT2D eigenvalue weighted by atomic mass is 9.99. The lowest BCUT2D eigenvalue weighted by Crippen LogP contribution is -2.47. The Morgan fingerprint density at radius 1 is 1.29 bits per heavy atom. The van der Waals surface area contributed by atoms with Gasteiger partial charge < -0.3 is 19.6 Å². The Hall–Kier alpha value is -2.38. The van der Waals surface area contributed by atoms with E-state index in [1.807, 2.05) is 37.8 Å². The van der Waals surface area contributed by atoms with E-state index in [9.17, 15) is 4.79 Å². The van der Waals surface area contributed by atoms with Crippen molar-refractivity contribution in [3.63, 3.8) is 0 Å². The first kappa shape index (κ1) is 20.4. The highest BCUT2D eigenvalue weighted by molar-refractivity contribution is 6.07. The number of hydrogen-bond acceptors (Lipinski definition) is 6. The molecule has 0 aromatic carbocycles. The first-order valence-corrected chi connectivity index (χ1v) is 9.35. The highest BCUT2D eigenvalue weighted by Gasteiger charge is 2.30. The van der Waals surface area contributed by atoms with Crippen LogP contribution in [-0.2, 0) is 0 Å². The molecule has 0 radical (unpaired) electrons. The zero-order valence-corrected chi connectivity index (χ0v) is 17.1. The van der Waals surface area contributed by atoms with Gasteiger partial charge in [0.2, 0.25) is 0 Å². The third-order valence-electron chi connectivity index (χ3n) is 5.32. The maximum Gasteiger partial charge on any atom is 0.259 e. The summed E-state index contributed by atoms with van der Waals surface area (Å²) in [6.45, 7) is 6.78. The molecular weight excluding hydrogens is 380 g/mol. The fourth-order valence-electron chi connectivity index (χ4n) is 3.95. The van der Waals surface area contributed by atoms with Gasteiger partial charge in [-0.2, -0.15) is 0 Å². The molecule has 1 aliphatic heterocycles. The Kier molecular flexibility index (Phi) is 5.76. The quantitative estimate of drug-likeness (QED) is 0.713. The summed E-state index contributed by atoms with van der Waals surface area (Å²) >= 11 is 0. The average Bonchev–Trinajstić information content (AvgIpc) is 3.22. The van der Waals surface area contributed by atoms with E-state index >= 15 is 0 Å². The first-order chi connectivity index (χ1) is 13.0. The van der Waals surface area contributed by atoms with E-state index in [0.717, 1.165) is 36.3 Å². The molecule has 1 aliphatic rings. The molecule has 2 N–H and O–H groups in total. The largest absolute Gasteiger partial charge is 0.466 e. The smallest absolute Gasteiger partial charge is 0.259 e. The number of carbonyl (C=O) groups is 1. The number of amides is 1. The molecule has 3 aromatic heterocycles. The molecule has 1 unspecified atom stereocenters. The SMILES string of the molecule is Cc1cc(-c2cc(C(=O)N3CCCCC3CN)c3c(C)noc3n2)c(C)o1.Cl. The fraction of sp³-hybridized carbons (Fsp3) is 0.450. The van der Waals surface area contributed by atoms with Crippen LogP contribution < -0.4 is 5.73 Å². The lowest BCUT2D eigenvalue weighted by molar-refractivity contribution is 0.0625. The maximum atomic E-state index is 13.5. The average molecular weight is 405 g/mol. The number of halogens is 1. The summed E-state index contributed by atoms with van der Waals surface area (Å²) in [4.78, 5) is 19.9. The van der Waals surface area contributed by atoms with Crippen molar-refractivity contribution in [2.45, 2.75) is 46.1 Å². The predicted octanol–water partition coefficient (Wildman–Crippen LogP) is 3.78. The molecule has 4 heterocycles. The summed E-state index contributed by atoms with van der Waals surface area (Å²) in [5.74, 6) is 1.51. The Bertz CT molecular complexity index is 1010. The Labute approximate surface area is 169 Å². The molecule has 3 aromatic rings. The standard InChI is InChI=1S/C20H24N4O3.ClH/c1-11-8-15(13(3)26-11)17-9-16(18-12(2)23-27-19(18)22-17)20(25)24-7-5-4-6-14(24)10-21;/h8-9,14H,4-7,10,21H2,1-3H3;1H. The second-order valence-corrected chi connectivity index (χ2v) is 7.21. The minimum atomic E-state index is -0.0389. The van der Waals surface area contributed by atoms with E-state index in [-0.39, 0.29) is 24.4 Å². The van der Waals surface area contributed by atoms with Gasteiger partial charge in [0.1, 0.15) is 11.5 Å². The summed E-state index contributed by atoms with van der Waals surface area (Å²) in [5, 5.41) is 4.70. The minimum Gasteiger partial charge on any atom is -0.466 e. The molecule has 150 valence electrons. The van der Waals surface area contributed by atoms with Crippen LogP contribution in [0.5, 0.6) is 0 Å². The highest BCUT2D eigenvalue weighted by atomic mass is 35.5. The molecule has 1 saturated heterocycles. The number of piperidine rings is 1. The lowest BCUT2D eigenvalue weighted by Gasteiger charge is -2.35. The fourth-order valence-corrected chi connectivity index (χ4v) is 3.95. The number of furan rings is 1. The normalized spacial score (nSPS) is 17.0. The molecule has 1 fully saturated rings. The van der Waals surface area contributed by atoms with Crippen LogP contribution in [-0.4, -0.2) is 40.1 Å². The third kappa shape index (κ3) is 3.40. The van der Waals surface area contributed by atoms with Crippen LogP contribution in [0.2, 0.25) is 0 Å². The van der Waals surface area contributed by atoms with E-state index < -0.39 is 0 Å². The van der Waals surface area contributed by atoms with Gasteiger partial charge in [0.05, 0.1) is 22.3 Å². The number of nitrogens with zero attached hydrogens (tertiary/aromatic N) is 3. The zero-order valence-electron chi connectivity index (χ0n) is 16.3. The number of rotatable bonds is 3. The molecule has 1 atom stereocenters. The van der Waals surface area contributed by atoms with Crippen molar-refractivity contribution in [1.82, 2.24) is 15.0 Å². The number of fused-ring (bicyclic) bond motifs is 1. The molecule has 8 heteroatoms. The van der Waals surface area contributed by atoms with Gasteiger partial charge in [-0.3, -0.25) is 4.79 Å². The molecule has 0 aliphatic carbocycles. The summed E-state index contributed by atoms with van der Waals surface area (Å²) in [5.41, 5.74) is 9.02. The predicted molar refractivity (Wildman–Crippen MR) is 109 cm³/mol. The Balaban J connectivity index is 0.00000225. The Morgan fingerprint density at radius 2 is 2.07 bits per heavy atom. The maximum absolute atomic E-state index is 13.5. The Morgan fingerprint density at radius 3 is 2.75 bits per heavy atom. The molecule has 4 rings (SSSR count). The molecule has 28 heavy (non-hydrogen) atoms. The molecule has 1 amide bonds. The van der Waals surface area contributed by atoms with Crippen LogP contribution in [0.25, 0.3) is 22.4 Å². The molecular formula is C20H25ClN4O3. The number of hydrogen-bond donors (Lipinski definition) is 1. The number of pyridine rings is 1. The highest BCUT2D eigenvalue weighted by Crippen LogP contribution is 2.32. The van der Waals surface area contributed by atoms with Crippen LogP contribution in [0, 0.1) is 20.8 Å². The summed E-state index contributed by atoms with van der Waals surface area (Å²) in [7, 11) is 0. The first-order valence-electron chi connectivity index (χ1n) is 9.35. The van der Waals surface area contributed by atoms with Crippen LogP contribution in [0.4, 0.5) is 0 Å². The summed E-state index contributed by atoms with van der Waals surface area (Å²) in [6.07, 6.45) is 3.03. The van der Waals surface area contributed by atoms with E-state index in [1.54, 1.807) is 0 Å². The van der Waals surface area contributed by atoms with Crippen molar-refractivity contribution in [1.29, 1.82) is 0 Å². The zero-order chi connectivity index (χ0) is 19.1. The van der Waals surface area contributed by atoms with Crippen molar-refractivity contribution in [3.05, 3.63) is 34.9 Å². The number of likely N-dealkylation sites (tertiary alicyclic amines) is 1. The molecule has 0 bridgehead atoms. The van der Waals surface area contributed by atoms with Gasteiger partial charge >= 0.3 is 0 Å². The van der Waals surface area contributed by atoms with Gasteiger partial charge in [-0.25, -0.2) is 4.98 Å². The van der Waals surface area contributed by atoms with Crippen molar-refractivity contribution in [3.8, 4) is 11.3 Å². The van der Waals surface area contributed by atoms with Crippen LogP contribution in [0.1, 0.15) is 46.8 Å². The number of aryl methyl sites for hydroxylation is 3. The van der Waals surface area contributed by atoms with Crippen LogP contribution >= 0.6 is 12.4 Å². The van der Waals surface area contributed by atoms with Gasteiger partial charge in [0.25, 0.3) is 11.6 Å². The number of nitrogens with two attached hydrogens (primary N) is 1. The van der Waals surface area contributed by atoms with Gasteiger partial charge in [-0.05, 0) is 52.2 Å². The minimum absolute atomic E-state index is 0. The molecule has 0 saturated carbocycles. The van der Waals surface area contributed by atoms with Crippen LogP contribution in [0.15, 0.2) is 21.1 Å². The second-order valence-electron chi connectivity index (χ2n) is 7.21. The van der Waals surface area contributed by atoms with Crippen molar-refractivity contribution >= 4 is 29.4 Å². The monoisotopic (exact) mass is 404 g/mol. The van der Waals surface area contributed by atoms with Gasteiger partial charge in [0.15, 0.2) is 0 Å². The van der Waals surface area contributed by atoms with E-state index in [1.165, 1.54) is 0 Å². The topological polar surface area (TPSA) is 98.4 Å². The van der Waals surface area contributed by atoms with Gasteiger partial charge in [-0.15, -0.1) is 12.4 Å². The van der Waals surface area contributed by atoms with Crippen molar-refractivity contribution in [2.24, 2.45) is 5.73 Å². The van der Waals surface area contributed by atoms with Gasteiger partial charge in [0, 0.05) is 24.7 Å². The summed E-state index contributed by atoms with van der Waals surface area (Å²) in [6, 6.07) is 3.81.